The van der Waals surface area contributed by atoms with Crippen molar-refractivity contribution < 1.29 is 32.6 Å². The second-order valence-corrected chi connectivity index (χ2v) is 9.52. The molecule has 11 heteroatoms. The standard InChI is InChI=1S/C23H32N4O2.C2HF3O2/c1-23(2,3)29-22(28)26-21-10-13-27(14-11-21)17-19-7-9-20(25-16-19)8-6-18-5-4-12-24-15-18;3-2(4,5)1(6)7/h4-5,7,9,12,15-16,21H,6,8,10-11,13-14,17H2,1-3H3,(H,26,28);(H,6,7). The number of pyridine rings is 2. The van der Waals surface area contributed by atoms with E-state index in [2.05, 4.69) is 38.4 Å². The highest BCUT2D eigenvalue weighted by Crippen LogP contribution is 2.16. The molecule has 1 saturated heterocycles. The third-order valence-corrected chi connectivity index (χ3v) is 5.24. The molecular weight excluding hydrogens is 477 g/mol. The van der Waals surface area contributed by atoms with E-state index in [4.69, 9.17) is 14.6 Å². The zero-order valence-electron chi connectivity index (χ0n) is 20.7. The molecule has 198 valence electrons. The fourth-order valence-corrected chi connectivity index (χ4v) is 3.48. The van der Waals surface area contributed by atoms with E-state index in [-0.39, 0.29) is 12.1 Å². The Morgan fingerprint density at radius 1 is 1.08 bits per heavy atom. The summed E-state index contributed by atoms with van der Waals surface area (Å²) in [5, 5.41) is 10.1. The normalized spacial score (nSPS) is 14.9. The Morgan fingerprint density at radius 2 is 1.75 bits per heavy atom. The highest BCUT2D eigenvalue weighted by atomic mass is 19.4. The summed E-state index contributed by atoms with van der Waals surface area (Å²) in [4.78, 5) is 32.0. The van der Waals surface area contributed by atoms with Gasteiger partial charge in [0.05, 0.1) is 0 Å². The maximum absolute atomic E-state index is 11.9. The van der Waals surface area contributed by atoms with Crippen LogP contribution in [0.3, 0.4) is 0 Å². The minimum absolute atomic E-state index is 0.189. The third kappa shape index (κ3) is 11.5. The summed E-state index contributed by atoms with van der Waals surface area (Å²) in [7, 11) is 0. The number of carboxylic acids is 1. The van der Waals surface area contributed by atoms with Crippen LogP contribution in [0.2, 0.25) is 0 Å². The molecule has 36 heavy (non-hydrogen) atoms. The van der Waals surface area contributed by atoms with Crippen molar-refractivity contribution in [2.45, 2.75) is 70.8 Å². The topological polar surface area (TPSA) is 105 Å². The van der Waals surface area contributed by atoms with Gasteiger partial charge >= 0.3 is 18.2 Å². The minimum Gasteiger partial charge on any atom is -0.475 e. The van der Waals surface area contributed by atoms with Crippen molar-refractivity contribution in [3.63, 3.8) is 0 Å². The molecule has 3 rings (SSSR count). The van der Waals surface area contributed by atoms with Gasteiger partial charge in [0.1, 0.15) is 5.60 Å². The Hall–Kier alpha value is -3.21. The highest BCUT2D eigenvalue weighted by molar-refractivity contribution is 5.73. The largest absolute Gasteiger partial charge is 0.490 e. The lowest BCUT2D eigenvalue weighted by Gasteiger charge is -2.32. The van der Waals surface area contributed by atoms with Crippen LogP contribution in [0.1, 0.15) is 50.4 Å². The Morgan fingerprint density at radius 3 is 2.25 bits per heavy atom. The van der Waals surface area contributed by atoms with Crippen molar-refractivity contribution in [2.24, 2.45) is 0 Å². The monoisotopic (exact) mass is 510 g/mol. The predicted molar refractivity (Wildman–Crippen MR) is 127 cm³/mol. The van der Waals surface area contributed by atoms with Gasteiger partial charge in [-0.05, 0) is 69.7 Å². The van der Waals surface area contributed by atoms with Gasteiger partial charge in [0.2, 0.25) is 0 Å². The van der Waals surface area contributed by atoms with Gasteiger partial charge in [-0.25, -0.2) is 9.59 Å². The molecule has 1 fully saturated rings. The van der Waals surface area contributed by atoms with E-state index in [1.807, 2.05) is 39.2 Å². The first-order chi connectivity index (χ1) is 16.8. The maximum Gasteiger partial charge on any atom is 0.490 e. The molecular formula is C25H33F3N4O4. The fraction of sp³-hybridized carbons (Fsp3) is 0.520. The van der Waals surface area contributed by atoms with Gasteiger partial charge in [0.15, 0.2) is 0 Å². The molecule has 0 saturated carbocycles. The van der Waals surface area contributed by atoms with E-state index >= 15 is 0 Å². The zero-order valence-corrected chi connectivity index (χ0v) is 20.7. The number of hydrogen-bond donors (Lipinski definition) is 2. The van der Waals surface area contributed by atoms with Gasteiger partial charge in [-0.1, -0.05) is 12.1 Å². The summed E-state index contributed by atoms with van der Waals surface area (Å²) in [6.07, 6.45) is 4.06. The number of aryl methyl sites for hydroxylation is 2. The zero-order chi connectivity index (χ0) is 26.8. The molecule has 2 N–H and O–H groups in total. The van der Waals surface area contributed by atoms with E-state index in [0.717, 1.165) is 51.0 Å². The highest BCUT2D eigenvalue weighted by Gasteiger charge is 2.38. The molecule has 0 aromatic carbocycles. The Kier molecular flexibility index (Phi) is 10.6. The van der Waals surface area contributed by atoms with Gasteiger partial charge < -0.3 is 15.2 Å². The van der Waals surface area contributed by atoms with E-state index in [0.29, 0.717) is 0 Å². The van der Waals surface area contributed by atoms with Crippen LogP contribution in [-0.4, -0.2) is 62.9 Å². The number of carbonyl (C=O) groups is 2. The number of piperidine rings is 1. The number of nitrogens with one attached hydrogen (secondary N) is 1. The van der Waals surface area contributed by atoms with Crippen LogP contribution in [-0.2, 0) is 28.9 Å². The SMILES string of the molecule is CC(C)(C)OC(=O)NC1CCN(Cc2ccc(CCc3cccnc3)nc2)CC1.O=C(O)C(F)(F)F. The lowest BCUT2D eigenvalue weighted by atomic mass is 10.0. The van der Waals surface area contributed by atoms with E-state index in [1.54, 1.807) is 6.20 Å². The molecule has 0 aliphatic carbocycles. The number of halogens is 3. The minimum atomic E-state index is -5.08. The maximum atomic E-state index is 11.9. The summed E-state index contributed by atoms with van der Waals surface area (Å²) in [6, 6.07) is 8.56. The Balaban J connectivity index is 0.000000572. The first kappa shape index (κ1) is 29.0. The number of hydrogen-bond acceptors (Lipinski definition) is 6. The number of alkyl halides is 3. The average Bonchev–Trinajstić information content (AvgIpc) is 2.79. The van der Waals surface area contributed by atoms with Crippen LogP contribution >= 0.6 is 0 Å². The number of aliphatic carboxylic acids is 1. The molecule has 2 aromatic rings. The number of nitrogens with zero attached hydrogens (tertiary/aromatic N) is 3. The first-order valence-corrected chi connectivity index (χ1v) is 11.7. The average molecular weight is 511 g/mol. The van der Waals surface area contributed by atoms with Crippen molar-refractivity contribution in [1.29, 1.82) is 0 Å². The molecule has 8 nitrogen and oxygen atoms in total. The molecule has 2 aromatic heterocycles. The summed E-state index contributed by atoms with van der Waals surface area (Å²) < 4.78 is 37.1. The van der Waals surface area contributed by atoms with Crippen molar-refractivity contribution in [1.82, 2.24) is 20.2 Å². The van der Waals surface area contributed by atoms with Crippen molar-refractivity contribution in [2.75, 3.05) is 13.1 Å². The molecule has 1 aliphatic rings. The number of likely N-dealkylation sites (tertiary alicyclic amines) is 1. The smallest absolute Gasteiger partial charge is 0.475 e. The Bertz CT molecular complexity index is 956. The molecule has 1 amide bonds. The fourth-order valence-electron chi connectivity index (χ4n) is 3.48. The molecule has 0 unspecified atom stereocenters. The van der Waals surface area contributed by atoms with Crippen LogP contribution in [0.5, 0.6) is 0 Å². The lowest BCUT2D eigenvalue weighted by Crippen LogP contribution is -2.45. The lowest BCUT2D eigenvalue weighted by molar-refractivity contribution is -0.192. The van der Waals surface area contributed by atoms with Crippen LogP contribution in [0, 0.1) is 0 Å². The van der Waals surface area contributed by atoms with E-state index < -0.39 is 17.7 Å². The van der Waals surface area contributed by atoms with E-state index in [1.165, 1.54) is 11.1 Å². The van der Waals surface area contributed by atoms with Gasteiger partial charge in [-0.15, -0.1) is 0 Å². The number of carboxylic acid groups (broad SMARTS) is 1. The number of carbonyl (C=O) groups excluding carboxylic acids is 1. The number of rotatable bonds is 6. The van der Waals surface area contributed by atoms with Crippen LogP contribution in [0.15, 0.2) is 42.9 Å². The van der Waals surface area contributed by atoms with Gasteiger partial charge in [0, 0.05) is 50.0 Å². The predicted octanol–water partition coefficient (Wildman–Crippen LogP) is 4.38. The summed E-state index contributed by atoms with van der Waals surface area (Å²) in [5.41, 5.74) is 3.12. The second-order valence-electron chi connectivity index (χ2n) is 9.52. The van der Waals surface area contributed by atoms with Crippen LogP contribution in [0.25, 0.3) is 0 Å². The van der Waals surface area contributed by atoms with Crippen molar-refractivity contribution >= 4 is 12.1 Å². The number of aromatic nitrogens is 2. The molecule has 1 aliphatic heterocycles. The summed E-state index contributed by atoms with van der Waals surface area (Å²) >= 11 is 0. The Labute approximate surface area is 208 Å². The van der Waals surface area contributed by atoms with Crippen LogP contribution < -0.4 is 5.32 Å². The molecule has 3 heterocycles. The number of ether oxygens (including phenoxy) is 1. The number of amides is 1. The summed E-state index contributed by atoms with van der Waals surface area (Å²) in [5.74, 6) is -2.76. The molecule has 0 radical (unpaired) electrons. The molecule has 0 atom stereocenters. The quantitative estimate of drug-likeness (QED) is 0.594. The van der Waals surface area contributed by atoms with Gasteiger partial charge in [0.25, 0.3) is 0 Å². The molecule has 0 spiro atoms. The van der Waals surface area contributed by atoms with Gasteiger partial charge in [-0.3, -0.25) is 14.9 Å². The van der Waals surface area contributed by atoms with Crippen molar-refractivity contribution in [3.05, 3.63) is 59.7 Å². The van der Waals surface area contributed by atoms with Crippen LogP contribution in [0.4, 0.5) is 18.0 Å². The van der Waals surface area contributed by atoms with E-state index in [9.17, 15) is 18.0 Å². The number of alkyl carbamates (subject to hydrolysis) is 1. The molecule has 0 bridgehead atoms. The first-order valence-electron chi connectivity index (χ1n) is 11.7. The second kappa shape index (κ2) is 13.2. The van der Waals surface area contributed by atoms with Gasteiger partial charge in [-0.2, -0.15) is 13.2 Å². The third-order valence-electron chi connectivity index (χ3n) is 5.24. The van der Waals surface area contributed by atoms with Crippen molar-refractivity contribution in [3.8, 4) is 0 Å². The summed E-state index contributed by atoms with van der Waals surface area (Å²) in [6.45, 7) is 8.47.